The average Bonchev–Trinajstić information content (AvgIpc) is 2.54. The number of nitrogens with zero attached hydrogens (tertiary/aromatic N) is 1. The summed E-state index contributed by atoms with van der Waals surface area (Å²) in [6, 6.07) is 9.75. The maximum Gasteiger partial charge on any atom is 0.0991 e. The number of allylic oxidation sites excluding steroid dienone is 7. The molecular weight excluding hydrogens is 290 g/mol. The van der Waals surface area contributed by atoms with E-state index in [1.54, 1.807) is 0 Å². The Hall–Kier alpha value is -2.33. The summed E-state index contributed by atoms with van der Waals surface area (Å²) < 4.78 is 0. The van der Waals surface area contributed by atoms with Gasteiger partial charge >= 0.3 is 0 Å². The van der Waals surface area contributed by atoms with Crippen LogP contribution in [-0.2, 0) is 0 Å². The molecule has 1 nitrogen and oxygen atoms in total. The molecule has 1 aliphatic rings. The van der Waals surface area contributed by atoms with Crippen LogP contribution in [0.2, 0.25) is 0 Å². The zero-order valence-corrected chi connectivity index (χ0v) is 15.3. The van der Waals surface area contributed by atoms with Crippen LogP contribution in [0.1, 0.15) is 58.1 Å². The summed E-state index contributed by atoms with van der Waals surface area (Å²) in [6.45, 7) is 9.09. The molecule has 24 heavy (non-hydrogen) atoms. The maximum atomic E-state index is 8.81. The van der Waals surface area contributed by atoms with E-state index in [-0.39, 0.29) is 5.41 Å². The Morgan fingerprint density at radius 3 is 2.50 bits per heavy atom. The summed E-state index contributed by atoms with van der Waals surface area (Å²) in [7, 11) is 0. The van der Waals surface area contributed by atoms with Crippen molar-refractivity contribution in [1.29, 1.82) is 5.26 Å². The van der Waals surface area contributed by atoms with Crippen molar-refractivity contribution in [3.8, 4) is 6.07 Å². The molecule has 0 N–H and O–H groups in total. The van der Waals surface area contributed by atoms with Gasteiger partial charge in [-0.05, 0) is 61.8 Å². The maximum absolute atomic E-state index is 8.81. The molecule has 1 aromatic rings. The second-order valence-electron chi connectivity index (χ2n) is 7.27. The van der Waals surface area contributed by atoms with Gasteiger partial charge in [-0.15, -0.1) is 0 Å². The standard InChI is InChI=1S/C23H27N/c1-18(7-5-9-20-11-13-21(17-24)14-12-20)10-15-22-19(2)8-6-16-23(22,3)4/h5,7,9-15H,6,8,16H2,1-4H3/b9-5-,15-10+,18-7+. The van der Waals surface area contributed by atoms with Crippen molar-refractivity contribution in [3.05, 3.63) is 76.4 Å². The zero-order valence-electron chi connectivity index (χ0n) is 15.3. The lowest BCUT2D eigenvalue weighted by Crippen LogP contribution is -2.19. The molecule has 0 amide bonds. The predicted octanol–water partition coefficient (Wildman–Crippen LogP) is 6.60. The monoisotopic (exact) mass is 317 g/mol. The van der Waals surface area contributed by atoms with E-state index in [1.807, 2.05) is 24.3 Å². The fourth-order valence-corrected chi connectivity index (χ4v) is 3.26. The molecule has 0 spiro atoms. The first-order valence-corrected chi connectivity index (χ1v) is 8.66. The first kappa shape index (κ1) is 18.0. The number of hydrogen-bond acceptors (Lipinski definition) is 1. The van der Waals surface area contributed by atoms with Crippen LogP contribution in [0.4, 0.5) is 0 Å². The number of hydrogen-bond donors (Lipinski definition) is 0. The Kier molecular flexibility index (Phi) is 5.99. The highest BCUT2D eigenvalue weighted by Crippen LogP contribution is 2.40. The smallest absolute Gasteiger partial charge is 0.0991 e. The van der Waals surface area contributed by atoms with Crippen LogP contribution < -0.4 is 0 Å². The molecule has 0 fully saturated rings. The van der Waals surface area contributed by atoms with Crippen molar-refractivity contribution in [2.24, 2.45) is 5.41 Å². The molecule has 0 saturated heterocycles. The van der Waals surface area contributed by atoms with Crippen molar-refractivity contribution in [3.63, 3.8) is 0 Å². The topological polar surface area (TPSA) is 23.8 Å². The summed E-state index contributed by atoms with van der Waals surface area (Å²) in [4.78, 5) is 0. The van der Waals surface area contributed by atoms with Gasteiger partial charge in [0.25, 0.3) is 0 Å². The van der Waals surface area contributed by atoms with E-state index < -0.39 is 0 Å². The van der Waals surface area contributed by atoms with Gasteiger partial charge in [-0.25, -0.2) is 0 Å². The van der Waals surface area contributed by atoms with Crippen LogP contribution in [-0.4, -0.2) is 0 Å². The Bertz CT molecular complexity index is 731. The number of nitriles is 1. The van der Waals surface area contributed by atoms with E-state index in [0.29, 0.717) is 5.56 Å². The minimum absolute atomic E-state index is 0.289. The van der Waals surface area contributed by atoms with Gasteiger partial charge in [0, 0.05) is 0 Å². The predicted molar refractivity (Wildman–Crippen MR) is 103 cm³/mol. The average molecular weight is 317 g/mol. The number of benzene rings is 1. The summed E-state index contributed by atoms with van der Waals surface area (Å²) in [5, 5.41) is 8.81. The summed E-state index contributed by atoms with van der Waals surface area (Å²) in [5.74, 6) is 0. The molecule has 0 heterocycles. The van der Waals surface area contributed by atoms with Gasteiger partial charge in [0.05, 0.1) is 11.6 Å². The lowest BCUT2D eigenvalue weighted by Gasteiger charge is -2.32. The lowest BCUT2D eigenvalue weighted by molar-refractivity contribution is 0.377. The Morgan fingerprint density at radius 1 is 1.17 bits per heavy atom. The quantitative estimate of drug-likeness (QED) is 0.574. The highest BCUT2D eigenvalue weighted by Gasteiger charge is 2.26. The Balaban J connectivity index is 2.05. The largest absolute Gasteiger partial charge is 0.192 e. The van der Waals surface area contributed by atoms with Gasteiger partial charge in [0.1, 0.15) is 0 Å². The molecule has 0 radical (unpaired) electrons. The molecule has 0 aliphatic heterocycles. The van der Waals surface area contributed by atoms with E-state index in [1.165, 1.54) is 36.0 Å². The van der Waals surface area contributed by atoms with E-state index >= 15 is 0 Å². The molecule has 124 valence electrons. The van der Waals surface area contributed by atoms with E-state index in [4.69, 9.17) is 5.26 Å². The Morgan fingerprint density at radius 2 is 1.88 bits per heavy atom. The highest BCUT2D eigenvalue weighted by molar-refractivity contribution is 5.53. The second-order valence-corrected chi connectivity index (χ2v) is 7.27. The Labute approximate surface area is 146 Å². The fourth-order valence-electron chi connectivity index (χ4n) is 3.26. The van der Waals surface area contributed by atoms with Gasteiger partial charge < -0.3 is 0 Å². The third kappa shape index (κ3) is 4.83. The zero-order chi connectivity index (χ0) is 17.6. The molecule has 0 saturated carbocycles. The summed E-state index contributed by atoms with van der Waals surface area (Å²) in [5.41, 5.74) is 6.36. The van der Waals surface area contributed by atoms with Crippen molar-refractivity contribution < 1.29 is 0 Å². The third-order valence-corrected chi connectivity index (χ3v) is 4.74. The van der Waals surface area contributed by atoms with Gasteiger partial charge in [0.15, 0.2) is 0 Å². The summed E-state index contributed by atoms with van der Waals surface area (Å²) >= 11 is 0. The third-order valence-electron chi connectivity index (χ3n) is 4.74. The molecule has 1 heteroatoms. The molecule has 1 aromatic carbocycles. The van der Waals surface area contributed by atoms with Crippen LogP contribution in [0.5, 0.6) is 0 Å². The van der Waals surface area contributed by atoms with Crippen LogP contribution in [0.15, 0.2) is 65.3 Å². The van der Waals surface area contributed by atoms with Crippen LogP contribution in [0.25, 0.3) is 6.08 Å². The van der Waals surface area contributed by atoms with E-state index in [0.717, 1.165) is 5.56 Å². The molecular formula is C23H27N. The first-order chi connectivity index (χ1) is 11.4. The summed E-state index contributed by atoms with van der Waals surface area (Å²) in [6.07, 6.45) is 14.6. The van der Waals surface area contributed by atoms with E-state index in [9.17, 15) is 0 Å². The molecule has 0 unspecified atom stereocenters. The van der Waals surface area contributed by atoms with Crippen LogP contribution >= 0.6 is 0 Å². The van der Waals surface area contributed by atoms with Crippen LogP contribution in [0.3, 0.4) is 0 Å². The highest BCUT2D eigenvalue weighted by atomic mass is 14.3. The minimum Gasteiger partial charge on any atom is -0.192 e. The SMILES string of the molecule is CC1=C(/C=C/C(C)=C/C=C\c2ccc(C#N)cc2)C(C)(C)CCC1. The molecule has 0 atom stereocenters. The second kappa shape index (κ2) is 7.97. The van der Waals surface area contributed by atoms with Crippen molar-refractivity contribution in [1.82, 2.24) is 0 Å². The normalized spacial score (nSPS) is 18.4. The van der Waals surface area contributed by atoms with Gasteiger partial charge in [-0.3, -0.25) is 0 Å². The molecule has 1 aliphatic carbocycles. The van der Waals surface area contributed by atoms with Crippen molar-refractivity contribution >= 4 is 6.08 Å². The van der Waals surface area contributed by atoms with Crippen molar-refractivity contribution in [2.45, 2.75) is 47.0 Å². The number of rotatable bonds is 4. The first-order valence-electron chi connectivity index (χ1n) is 8.66. The molecule has 0 aromatic heterocycles. The van der Waals surface area contributed by atoms with Gasteiger partial charge in [-0.1, -0.05) is 67.5 Å². The minimum atomic E-state index is 0.289. The molecule has 0 bridgehead atoms. The van der Waals surface area contributed by atoms with Crippen molar-refractivity contribution in [2.75, 3.05) is 0 Å². The van der Waals surface area contributed by atoms with Gasteiger partial charge in [-0.2, -0.15) is 5.26 Å². The van der Waals surface area contributed by atoms with Crippen LogP contribution in [0, 0.1) is 16.7 Å². The fraction of sp³-hybridized carbons (Fsp3) is 0.348. The van der Waals surface area contributed by atoms with Gasteiger partial charge in [0.2, 0.25) is 0 Å². The lowest BCUT2D eigenvalue weighted by atomic mass is 9.72. The van der Waals surface area contributed by atoms with E-state index in [2.05, 4.69) is 64.1 Å². The molecule has 2 rings (SSSR count).